The zero-order chi connectivity index (χ0) is 19.7. The largest absolute Gasteiger partial charge is 0.506 e. The standard InChI is InChI=1S/C19H16ClN3O4/c1-10(24)8-22-18(26)16-17(25)13-7-11(12-4-6-15(20)21-9-12)3-5-14(13)23(2)19(16)27/h3-7,9,25H,8H2,1-2H3,(H,22,26). The summed E-state index contributed by atoms with van der Waals surface area (Å²) in [7, 11) is 1.51. The first kappa shape index (κ1) is 18.6. The molecule has 0 aliphatic carbocycles. The number of nitrogens with one attached hydrogen (secondary N) is 1. The van der Waals surface area contributed by atoms with Crippen LogP contribution < -0.4 is 10.9 Å². The molecule has 1 amide bonds. The number of nitrogens with zero attached hydrogens (tertiary/aromatic N) is 2. The van der Waals surface area contributed by atoms with Gasteiger partial charge in [-0.25, -0.2) is 4.98 Å². The Morgan fingerprint density at radius 1 is 1.22 bits per heavy atom. The number of aromatic hydroxyl groups is 1. The Labute approximate surface area is 159 Å². The number of fused-ring (bicyclic) bond motifs is 1. The SMILES string of the molecule is CC(=O)CNC(=O)c1c(O)c2cc(-c3ccc(Cl)nc3)ccc2n(C)c1=O. The molecule has 0 aliphatic heterocycles. The molecule has 0 saturated carbocycles. The molecular formula is C19H16ClN3O4. The lowest BCUT2D eigenvalue weighted by molar-refractivity contribution is -0.116. The van der Waals surface area contributed by atoms with Crippen LogP contribution in [0.15, 0.2) is 41.3 Å². The monoisotopic (exact) mass is 385 g/mol. The van der Waals surface area contributed by atoms with Gasteiger partial charge in [0.1, 0.15) is 22.2 Å². The number of hydrogen-bond donors (Lipinski definition) is 2. The number of benzene rings is 1. The molecule has 1 aromatic carbocycles. The van der Waals surface area contributed by atoms with Crippen LogP contribution >= 0.6 is 11.6 Å². The summed E-state index contributed by atoms with van der Waals surface area (Å²) in [6, 6.07) is 8.54. The van der Waals surface area contributed by atoms with Crippen LogP contribution in [0.2, 0.25) is 5.15 Å². The number of hydrogen-bond acceptors (Lipinski definition) is 5. The van der Waals surface area contributed by atoms with E-state index in [1.165, 1.54) is 18.5 Å². The fourth-order valence-corrected chi connectivity index (χ4v) is 2.87. The Kier molecular flexibility index (Phi) is 4.96. The van der Waals surface area contributed by atoms with E-state index < -0.39 is 22.8 Å². The molecule has 8 heteroatoms. The second-order valence-corrected chi connectivity index (χ2v) is 6.46. The summed E-state index contributed by atoms with van der Waals surface area (Å²) >= 11 is 5.81. The summed E-state index contributed by atoms with van der Waals surface area (Å²) in [5.74, 6) is -1.50. The van der Waals surface area contributed by atoms with Gasteiger partial charge in [0.2, 0.25) is 0 Å². The normalized spacial score (nSPS) is 10.8. The highest BCUT2D eigenvalue weighted by Gasteiger charge is 2.21. The van der Waals surface area contributed by atoms with Crippen molar-refractivity contribution in [2.45, 2.75) is 6.92 Å². The topological polar surface area (TPSA) is 101 Å². The van der Waals surface area contributed by atoms with E-state index in [1.54, 1.807) is 36.5 Å². The van der Waals surface area contributed by atoms with E-state index in [1.807, 2.05) is 0 Å². The zero-order valence-corrected chi connectivity index (χ0v) is 15.4. The van der Waals surface area contributed by atoms with Crippen LogP contribution in [0.25, 0.3) is 22.0 Å². The number of rotatable bonds is 4. The number of aromatic nitrogens is 2. The van der Waals surface area contributed by atoms with Crippen LogP contribution in [0, 0.1) is 0 Å². The number of pyridine rings is 2. The van der Waals surface area contributed by atoms with Crippen LogP contribution in [-0.2, 0) is 11.8 Å². The maximum Gasteiger partial charge on any atom is 0.267 e. The van der Waals surface area contributed by atoms with Crippen LogP contribution in [-0.4, -0.2) is 32.9 Å². The van der Waals surface area contributed by atoms with Crippen molar-refractivity contribution in [3.8, 4) is 16.9 Å². The summed E-state index contributed by atoms with van der Waals surface area (Å²) < 4.78 is 1.28. The molecule has 3 rings (SSSR count). The minimum absolute atomic E-state index is 0.226. The molecule has 0 saturated heterocycles. The minimum Gasteiger partial charge on any atom is -0.506 e. The molecule has 0 bridgehead atoms. The van der Waals surface area contributed by atoms with E-state index in [9.17, 15) is 19.5 Å². The second-order valence-electron chi connectivity index (χ2n) is 6.07. The molecule has 2 heterocycles. The predicted octanol–water partition coefficient (Wildman–Crippen LogP) is 2.28. The van der Waals surface area contributed by atoms with Gasteiger partial charge >= 0.3 is 0 Å². The number of amides is 1. The minimum atomic E-state index is -0.802. The summed E-state index contributed by atoms with van der Waals surface area (Å²) in [5, 5.41) is 13.6. The third kappa shape index (κ3) is 3.54. The third-order valence-corrected chi connectivity index (χ3v) is 4.38. The first-order valence-electron chi connectivity index (χ1n) is 8.05. The number of aryl methyl sites for hydroxylation is 1. The van der Waals surface area contributed by atoms with Crippen molar-refractivity contribution in [3.05, 3.63) is 57.6 Å². The average molecular weight is 386 g/mol. The van der Waals surface area contributed by atoms with E-state index in [2.05, 4.69) is 10.3 Å². The Hall–Kier alpha value is -3.19. The number of Topliss-reactive ketones (excluding diaryl/α,β-unsaturated/α-hetero) is 1. The van der Waals surface area contributed by atoms with E-state index in [-0.39, 0.29) is 12.3 Å². The van der Waals surface area contributed by atoms with E-state index in [4.69, 9.17) is 11.6 Å². The summed E-state index contributed by atoms with van der Waals surface area (Å²) in [5.41, 5.74) is 0.902. The highest BCUT2D eigenvalue weighted by atomic mass is 35.5. The van der Waals surface area contributed by atoms with Gasteiger partial charge in [-0.3, -0.25) is 14.4 Å². The smallest absolute Gasteiger partial charge is 0.267 e. The first-order valence-corrected chi connectivity index (χ1v) is 8.42. The number of carbonyl (C=O) groups excluding carboxylic acids is 2. The molecule has 0 unspecified atom stereocenters. The van der Waals surface area contributed by atoms with Crippen molar-refractivity contribution in [1.29, 1.82) is 0 Å². The second kappa shape index (κ2) is 7.20. The highest BCUT2D eigenvalue weighted by molar-refractivity contribution is 6.29. The van der Waals surface area contributed by atoms with Gasteiger partial charge in [0.25, 0.3) is 11.5 Å². The number of halogens is 1. The Balaban J connectivity index is 2.18. The van der Waals surface area contributed by atoms with Crippen molar-refractivity contribution in [2.75, 3.05) is 6.54 Å². The molecule has 7 nitrogen and oxygen atoms in total. The quantitative estimate of drug-likeness (QED) is 0.671. The highest BCUT2D eigenvalue weighted by Crippen LogP contribution is 2.30. The van der Waals surface area contributed by atoms with E-state index >= 15 is 0 Å². The van der Waals surface area contributed by atoms with Gasteiger partial charge in [-0.1, -0.05) is 17.7 Å². The fourth-order valence-electron chi connectivity index (χ4n) is 2.76. The molecule has 0 atom stereocenters. The molecule has 2 aromatic heterocycles. The Morgan fingerprint density at radius 3 is 2.56 bits per heavy atom. The molecule has 3 aromatic rings. The van der Waals surface area contributed by atoms with Crippen LogP contribution in [0.5, 0.6) is 5.75 Å². The van der Waals surface area contributed by atoms with Crippen molar-refractivity contribution in [3.63, 3.8) is 0 Å². The van der Waals surface area contributed by atoms with Gasteiger partial charge in [-0.15, -0.1) is 0 Å². The van der Waals surface area contributed by atoms with Crippen molar-refractivity contribution in [2.24, 2.45) is 7.05 Å². The van der Waals surface area contributed by atoms with Crippen LogP contribution in [0.1, 0.15) is 17.3 Å². The lowest BCUT2D eigenvalue weighted by atomic mass is 10.0. The molecule has 2 N–H and O–H groups in total. The van der Waals surface area contributed by atoms with Gasteiger partial charge in [0, 0.05) is 24.2 Å². The van der Waals surface area contributed by atoms with Crippen molar-refractivity contribution < 1.29 is 14.7 Å². The average Bonchev–Trinajstić information content (AvgIpc) is 2.65. The number of carbonyl (C=O) groups is 2. The summed E-state index contributed by atoms with van der Waals surface area (Å²) in [4.78, 5) is 39.9. The Bertz CT molecular complexity index is 1120. The van der Waals surface area contributed by atoms with E-state index in [0.29, 0.717) is 16.1 Å². The Morgan fingerprint density at radius 2 is 1.93 bits per heavy atom. The lowest BCUT2D eigenvalue weighted by Crippen LogP contribution is -2.34. The van der Waals surface area contributed by atoms with Gasteiger partial charge in [0.15, 0.2) is 0 Å². The van der Waals surface area contributed by atoms with Gasteiger partial charge in [-0.05, 0) is 36.8 Å². The van der Waals surface area contributed by atoms with Gasteiger partial charge in [0.05, 0.1) is 12.1 Å². The molecule has 0 spiro atoms. The van der Waals surface area contributed by atoms with Crippen LogP contribution in [0.3, 0.4) is 0 Å². The summed E-state index contributed by atoms with van der Waals surface area (Å²) in [6.07, 6.45) is 1.59. The fraction of sp³-hybridized carbons (Fsp3) is 0.158. The maximum atomic E-state index is 12.5. The first-order chi connectivity index (χ1) is 12.8. The maximum absolute atomic E-state index is 12.5. The number of ketones is 1. The molecular weight excluding hydrogens is 370 g/mol. The molecule has 0 radical (unpaired) electrons. The van der Waals surface area contributed by atoms with Crippen molar-refractivity contribution in [1.82, 2.24) is 14.9 Å². The van der Waals surface area contributed by atoms with Gasteiger partial charge < -0.3 is 15.0 Å². The van der Waals surface area contributed by atoms with Crippen LogP contribution in [0.4, 0.5) is 0 Å². The van der Waals surface area contributed by atoms with Crippen molar-refractivity contribution >= 4 is 34.2 Å². The lowest BCUT2D eigenvalue weighted by Gasteiger charge is -2.13. The van der Waals surface area contributed by atoms with Gasteiger partial charge in [-0.2, -0.15) is 0 Å². The molecule has 27 heavy (non-hydrogen) atoms. The summed E-state index contributed by atoms with van der Waals surface area (Å²) in [6.45, 7) is 1.08. The zero-order valence-electron chi connectivity index (χ0n) is 14.6. The molecule has 138 valence electrons. The predicted molar refractivity (Wildman–Crippen MR) is 102 cm³/mol. The third-order valence-electron chi connectivity index (χ3n) is 4.15. The molecule has 0 aliphatic rings. The molecule has 0 fully saturated rings. The van der Waals surface area contributed by atoms with E-state index in [0.717, 1.165) is 11.1 Å².